The smallest absolute Gasteiger partial charge is 0.408 e. The van der Waals surface area contributed by atoms with Crippen LogP contribution in [0.25, 0.3) is 6.08 Å². The molecule has 0 radical (unpaired) electrons. The second-order valence-electron chi connectivity index (χ2n) is 7.91. The number of carbonyl (C=O) groups is 3. The van der Waals surface area contributed by atoms with Gasteiger partial charge in [-0.1, -0.05) is 24.3 Å². The van der Waals surface area contributed by atoms with Crippen molar-refractivity contribution in [3.05, 3.63) is 65.7 Å². The van der Waals surface area contributed by atoms with Crippen LogP contribution in [0.3, 0.4) is 0 Å². The summed E-state index contributed by atoms with van der Waals surface area (Å²) in [6, 6.07) is 12.9. The zero-order chi connectivity index (χ0) is 23.7. The molecule has 0 fully saturated rings. The minimum Gasteiger partial charge on any atom is -0.480 e. The quantitative estimate of drug-likeness (QED) is 0.467. The van der Waals surface area contributed by atoms with Gasteiger partial charge in [-0.2, -0.15) is 0 Å². The third kappa shape index (κ3) is 8.51. The Hall–Kier alpha value is -3.81. The van der Waals surface area contributed by atoms with Crippen LogP contribution in [0.2, 0.25) is 0 Å². The monoisotopic (exact) mass is 441 g/mol. The zero-order valence-corrected chi connectivity index (χ0v) is 18.5. The van der Waals surface area contributed by atoms with Crippen LogP contribution in [0.5, 0.6) is 11.5 Å². The van der Waals surface area contributed by atoms with E-state index >= 15 is 0 Å². The summed E-state index contributed by atoms with van der Waals surface area (Å²) in [5.74, 6) is -0.420. The normalized spacial score (nSPS) is 12.1. The van der Waals surface area contributed by atoms with Crippen molar-refractivity contribution in [3.63, 3.8) is 0 Å². The van der Waals surface area contributed by atoms with Crippen LogP contribution in [0, 0.1) is 0 Å². The van der Waals surface area contributed by atoms with Crippen molar-refractivity contribution in [2.24, 2.45) is 0 Å². The summed E-state index contributed by atoms with van der Waals surface area (Å²) < 4.78 is 15.5. The maximum atomic E-state index is 11.9. The second kappa shape index (κ2) is 11.0. The maximum Gasteiger partial charge on any atom is 0.408 e. The predicted molar refractivity (Wildman–Crippen MR) is 119 cm³/mol. The van der Waals surface area contributed by atoms with Crippen molar-refractivity contribution in [3.8, 4) is 11.5 Å². The maximum absolute atomic E-state index is 11.9. The van der Waals surface area contributed by atoms with Crippen molar-refractivity contribution in [2.45, 2.75) is 38.8 Å². The van der Waals surface area contributed by atoms with Gasteiger partial charge in [0, 0.05) is 12.5 Å². The Kier molecular flexibility index (Phi) is 8.40. The van der Waals surface area contributed by atoms with E-state index < -0.39 is 29.7 Å². The molecule has 0 aliphatic rings. The third-order valence-corrected chi connectivity index (χ3v) is 4.08. The molecule has 1 atom stereocenters. The van der Waals surface area contributed by atoms with E-state index in [9.17, 15) is 19.5 Å². The second-order valence-corrected chi connectivity index (χ2v) is 7.91. The van der Waals surface area contributed by atoms with Gasteiger partial charge < -0.3 is 24.6 Å². The number of alkyl carbamates (subject to hydrolysis) is 1. The first-order chi connectivity index (χ1) is 15.1. The van der Waals surface area contributed by atoms with Gasteiger partial charge in [0.25, 0.3) is 0 Å². The molecule has 2 aromatic rings. The van der Waals surface area contributed by atoms with Gasteiger partial charge in [-0.3, -0.25) is 0 Å². The Morgan fingerprint density at radius 1 is 1.00 bits per heavy atom. The number of carboxylic acids is 1. The molecule has 0 spiro atoms. The Labute approximate surface area is 186 Å². The number of hydrogen-bond acceptors (Lipinski definition) is 6. The Bertz CT molecular complexity index is 957. The first kappa shape index (κ1) is 24.5. The minimum absolute atomic E-state index is 0.0933. The molecule has 2 rings (SSSR count). The number of benzene rings is 2. The number of carboxylic acid groups (broad SMARTS) is 1. The number of hydrogen-bond donors (Lipinski definition) is 2. The van der Waals surface area contributed by atoms with Crippen molar-refractivity contribution in [1.29, 1.82) is 0 Å². The van der Waals surface area contributed by atoms with Crippen molar-refractivity contribution in [2.75, 3.05) is 7.11 Å². The van der Waals surface area contributed by atoms with E-state index in [1.807, 2.05) is 0 Å². The molecule has 1 unspecified atom stereocenters. The number of nitrogens with one attached hydrogen (secondary N) is 1. The lowest BCUT2D eigenvalue weighted by molar-refractivity contribution is -0.139. The lowest BCUT2D eigenvalue weighted by atomic mass is 10.1. The van der Waals surface area contributed by atoms with Gasteiger partial charge in [-0.15, -0.1) is 0 Å². The van der Waals surface area contributed by atoms with Crippen LogP contribution in [-0.4, -0.2) is 41.9 Å². The first-order valence-electron chi connectivity index (χ1n) is 9.91. The van der Waals surface area contributed by atoms with E-state index in [4.69, 9.17) is 9.47 Å². The molecule has 0 saturated heterocycles. The SMILES string of the molecule is COC(=O)/C=C/c1ccc(Oc2ccc(CC(NC(=O)OC(C)(C)C)C(=O)O)cc2)cc1. The first-order valence-corrected chi connectivity index (χ1v) is 9.91. The van der Waals surface area contributed by atoms with Gasteiger partial charge in [0.05, 0.1) is 7.11 Å². The number of esters is 1. The number of methoxy groups -OCH3 is 1. The number of rotatable bonds is 8. The van der Waals surface area contributed by atoms with E-state index in [0.29, 0.717) is 17.1 Å². The molecule has 32 heavy (non-hydrogen) atoms. The Morgan fingerprint density at radius 3 is 2.06 bits per heavy atom. The number of ether oxygens (including phenoxy) is 3. The van der Waals surface area contributed by atoms with Crippen LogP contribution in [0.1, 0.15) is 31.9 Å². The highest BCUT2D eigenvalue weighted by molar-refractivity contribution is 5.86. The van der Waals surface area contributed by atoms with Crippen molar-refractivity contribution >= 4 is 24.1 Å². The fraction of sp³-hybridized carbons (Fsp3) is 0.292. The standard InChI is InChI=1S/C24H27NO7/c1-24(2,3)32-23(29)25-20(22(27)28)15-17-7-12-19(13-8-17)31-18-10-5-16(6-11-18)9-14-21(26)30-4/h5-14,20H,15H2,1-4H3,(H,25,29)(H,27,28)/b14-9+. The van der Waals surface area contributed by atoms with Crippen LogP contribution in [0.15, 0.2) is 54.6 Å². The molecule has 0 aliphatic carbocycles. The molecule has 0 saturated carbocycles. The minimum atomic E-state index is -1.16. The van der Waals surface area contributed by atoms with Crippen LogP contribution < -0.4 is 10.1 Å². The molecule has 8 nitrogen and oxygen atoms in total. The van der Waals surface area contributed by atoms with Gasteiger partial charge >= 0.3 is 18.0 Å². The third-order valence-electron chi connectivity index (χ3n) is 4.08. The van der Waals surface area contributed by atoms with Gasteiger partial charge in [0.1, 0.15) is 23.1 Å². The fourth-order valence-corrected chi connectivity index (χ4v) is 2.59. The van der Waals surface area contributed by atoms with Crippen LogP contribution in [0.4, 0.5) is 4.79 Å². The number of carbonyl (C=O) groups excluding carboxylic acids is 2. The average molecular weight is 441 g/mol. The van der Waals surface area contributed by atoms with E-state index in [1.54, 1.807) is 75.4 Å². The van der Waals surface area contributed by atoms with E-state index in [2.05, 4.69) is 10.1 Å². The van der Waals surface area contributed by atoms with E-state index in [0.717, 1.165) is 5.56 Å². The molecule has 2 N–H and O–H groups in total. The highest BCUT2D eigenvalue weighted by Crippen LogP contribution is 2.23. The summed E-state index contributed by atoms with van der Waals surface area (Å²) in [6.07, 6.45) is 2.27. The van der Waals surface area contributed by atoms with E-state index in [-0.39, 0.29) is 6.42 Å². The highest BCUT2D eigenvalue weighted by Gasteiger charge is 2.24. The highest BCUT2D eigenvalue weighted by atomic mass is 16.6. The number of amides is 1. The molecular weight excluding hydrogens is 414 g/mol. The van der Waals surface area contributed by atoms with Gasteiger partial charge in [0.15, 0.2) is 0 Å². The molecule has 0 aliphatic heterocycles. The summed E-state index contributed by atoms with van der Waals surface area (Å²) in [5.41, 5.74) is 0.807. The molecule has 0 heterocycles. The largest absolute Gasteiger partial charge is 0.480 e. The topological polar surface area (TPSA) is 111 Å². The Balaban J connectivity index is 1.97. The van der Waals surface area contributed by atoms with Gasteiger partial charge in [0.2, 0.25) is 0 Å². The molecule has 170 valence electrons. The average Bonchev–Trinajstić information content (AvgIpc) is 2.72. The Morgan fingerprint density at radius 2 is 1.56 bits per heavy atom. The van der Waals surface area contributed by atoms with Crippen LogP contribution in [-0.2, 0) is 25.5 Å². The molecule has 0 bridgehead atoms. The molecular formula is C24H27NO7. The summed E-state index contributed by atoms with van der Waals surface area (Å²) in [7, 11) is 1.31. The predicted octanol–water partition coefficient (Wildman–Crippen LogP) is 4.19. The fourth-order valence-electron chi connectivity index (χ4n) is 2.59. The molecule has 0 aromatic heterocycles. The lowest BCUT2D eigenvalue weighted by Gasteiger charge is -2.22. The van der Waals surface area contributed by atoms with Gasteiger partial charge in [-0.05, 0) is 62.2 Å². The van der Waals surface area contributed by atoms with Crippen molar-refractivity contribution in [1.82, 2.24) is 5.32 Å². The molecule has 1 amide bonds. The summed E-state index contributed by atoms with van der Waals surface area (Å²) in [6.45, 7) is 5.11. The summed E-state index contributed by atoms with van der Waals surface area (Å²) >= 11 is 0. The number of aliphatic carboxylic acids is 1. The van der Waals surface area contributed by atoms with Crippen molar-refractivity contribution < 1.29 is 33.7 Å². The molecule has 2 aromatic carbocycles. The zero-order valence-electron chi connectivity index (χ0n) is 18.5. The van der Waals surface area contributed by atoms with Crippen LogP contribution >= 0.6 is 0 Å². The van der Waals surface area contributed by atoms with E-state index in [1.165, 1.54) is 13.2 Å². The molecule has 8 heteroatoms. The summed E-state index contributed by atoms with van der Waals surface area (Å²) in [4.78, 5) is 34.5. The summed E-state index contributed by atoms with van der Waals surface area (Å²) in [5, 5.41) is 11.8. The van der Waals surface area contributed by atoms with Gasteiger partial charge in [-0.25, -0.2) is 14.4 Å². The lowest BCUT2D eigenvalue weighted by Crippen LogP contribution is -2.44.